The minimum atomic E-state index is -1.24. The molecule has 1 heterocycles. The number of benzene rings is 1. The second-order valence-corrected chi connectivity index (χ2v) is 4.87. The lowest BCUT2D eigenvalue weighted by Crippen LogP contribution is -2.26. The molecule has 5 heteroatoms. The minimum absolute atomic E-state index is 0.263. The summed E-state index contributed by atoms with van der Waals surface area (Å²) in [6, 6.07) is 4.20. The van der Waals surface area contributed by atoms with Crippen LogP contribution in [-0.4, -0.2) is 30.3 Å². The van der Waals surface area contributed by atoms with Crippen LogP contribution in [0.2, 0.25) is 0 Å². The third-order valence-corrected chi connectivity index (χ3v) is 3.53. The highest BCUT2D eigenvalue weighted by Crippen LogP contribution is 2.19. The normalized spacial score (nSPS) is 22.6. The topological polar surface area (TPSA) is 58.6 Å². The van der Waals surface area contributed by atoms with Gasteiger partial charge in [0.25, 0.3) is 0 Å². The van der Waals surface area contributed by atoms with Gasteiger partial charge in [-0.3, -0.25) is 0 Å². The summed E-state index contributed by atoms with van der Waals surface area (Å²) in [6.45, 7) is 4.21. The molecule has 1 saturated heterocycles. The molecule has 2 rings (SSSR count). The Morgan fingerprint density at radius 3 is 2.95 bits per heavy atom. The number of rotatable bonds is 5. The van der Waals surface area contributed by atoms with Crippen LogP contribution in [0.1, 0.15) is 29.3 Å². The number of carboxylic acid groups (broad SMARTS) is 1. The van der Waals surface area contributed by atoms with E-state index in [2.05, 4.69) is 12.2 Å². The molecule has 0 saturated carbocycles. The van der Waals surface area contributed by atoms with Crippen LogP contribution in [0.5, 0.6) is 0 Å². The van der Waals surface area contributed by atoms with E-state index in [9.17, 15) is 9.18 Å². The maximum absolute atomic E-state index is 13.5. The molecule has 0 aliphatic carbocycles. The van der Waals surface area contributed by atoms with Crippen LogP contribution in [0.4, 0.5) is 4.39 Å². The van der Waals surface area contributed by atoms with E-state index >= 15 is 0 Å². The van der Waals surface area contributed by atoms with Gasteiger partial charge in [0, 0.05) is 19.7 Å². The van der Waals surface area contributed by atoms with E-state index in [4.69, 9.17) is 9.84 Å². The third-order valence-electron chi connectivity index (χ3n) is 3.53. The SMILES string of the molecule is CC1OCCC1CNCc1ccc(C(=O)O)c(F)c1. The Morgan fingerprint density at radius 1 is 1.58 bits per heavy atom. The van der Waals surface area contributed by atoms with Crippen molar-refractivity contribution >= 4 is 5.97 Å². The summed E-state index contributed by atoms with van der Waals surface area (Å²) in [7, 11) is 0. The summed E-state index contributed by atoms with van der Waals surface area (Å²) in [5.74, 6) is -1.44. The number of carboxylic acids is 1. The van der Waals surface area contributed by atoms with Crippen LogP contribution in [0.3, 0.4) is 0 Å². The molecule has 1 aromatic carbocycles. The molecule has 0 aromatic heterocycles. The van der Waals surface area contributed by atoms with Crippen LogP contribution in [0.25, 0.3) is 0 Å². The first-order valence-corrected chi connectivity index (χ1v) is 6.42. The van der Waals surface area contributed by atoms with Crippen molar-refractivity contribution < 1.29 is 19.0 Å². The molecular weight excluding hydrogens is 249 g/mol. The Morgan fingerprint density at radius 2 is 2.37 bits per heavy atom. The fourth-order valence-electron chi connectivity index (χ4n) is 2.29. The second-order valence-electron chi connectivity index (χ2n) is 4.87. The van der Waals surface area contributed by atoms with E-state index in [0.717, 1.165) is 25.1 Å². The quantitative estimate of drug-likeness (QED) is 0.857. The summed E-state index contributed by atoms with van der Waals surface area (Å²) in [4.78, 5) is 10.7. The highest BCUT2D eigenvalue weighted by Gasteiger charge is 2.23. The number of aromatic carboxylic acids is 1. The maximum atomic E-state index is 13.5. The van der Waals surface area contributed by atoms with Gasteiger partial charge in [0.2, 0.25) is 0 Å². The Hall–Kier alpha value is -1.46. The molecule has 2 N–H and O–H groups in total. The van der Waals surface area contributed by atoms with Gasteiger partial charge in [-0.1, -0.05) is 6.07 Å². The zero-order chi connectivity index (χ0) is 13.8. The summed E-state index contributed by atoms with van der Waals surface area (Å²) >= 11 is 0. The second kappa shape index (κ2) is 6.12. The molecule has 2 unspecified atom stereocenters. The average Bonchev–Trinajstić information content (AvgIpc) is 2.75. The van der Waals surface area contributed by atoms with E-state index < -0.39 is 11.8 Å². The van der Waals surface area contributed by atoms with Crippen LogP contribution in [-0.2, 0) is 11.3 Å². The Labute approximate surface area is 111 Å². The molecule has 104 valence electrons. The molecule has 1 aromatic rings. The average molecular weight is 267 g/mol. The van der Waals surface area contributed by atoms with E-state index in [1.54, 1.807) is 6.07 Å². The Bertz CT molecular complexity index is 464. The summed E-state index contributed by atoms with van der Waals surface area (Å²) < 4.78 is 18.9. The van der Waals surface area contributed by atoms with Gasteiger partial charge in [0.15, 0.2) is 0 Å². The number of ether oxygens (including phenoxy) is 1. The van der Waals surface area contributed by atoms with Gasteiger partial charge in [-0.25, -0.2) is 9.18 Å². The van der Waals surface area contributed by atoms with E-state index in [1.807, 2.05) is 0 Å². The monoisotopic (exact) mass is 267 g/mol. The van der Waals surface area contributed by atoms with Crippen molar-refractivity contribution in [1.82, 2.24) is 5.32 Å². The minimum Gasteiger partial charge on any atom is -0.478 e. The van der Waals surface area contributed by atoms with Crippen LogP contribution in [0.15, 0.2) is 18.2 Å². The zero-order valence-electron chi connectivity index (χ0n) is 10.9. The number of hydrogen-bond acceptors (Lipinski definition) is 3. The molecule has 0 spiro atoms. The lowest BCUT2D eigenvalue weighted by atomic mass is 10.0. The lowest BCUT2D eigenvalue weighted by molar-refractivity contribution is 0.0692. The zero-order valence-corrected chi connectivity index (χ0v) is 10.9. The first-order valence-electron chi connectivity index (χ1n) is 6.42. The molecule has 0 radical (unpaired) electrons. The largest absolute Gasteiger partial charge is 0.478 e. The summed E-state index contributed by atoms with van der Waals surface area (Å²) in [5.41, 5.74) is 0.454. The van der Waals surface area contributed by atoms with Crippen LogP contribution >= 0.6 is 0 Å². The maximum Gasteiger partial charge on any atom is 0.338 e. The number of nitrogens with one attached hydrogen (secondary N) is 1. The molecule has 1 fully saturated rings. The van der Waals surface area contributed by atoms with Crippen molar-refractivity contribution in [1.29, 1.82) is 0 Å². The van der Waals surface area contributed by atoms with Gasteiger partial charge >= 0.3 is 5.97 Å². The predicted octanol–water partition coefficient (Wildman–Crippen LogP) is 2.04. The molecule has 0 amide bonds. The fraction of sp³-hybridized carbons (Fsp3) is 0.500. The molecule has 0 bridgehead atoms. The molecule has 1 aliphatic rings. The van der Waals surface area contributed by atoms with Gasteiger partial charge < -0.3 is 15.2 Å². The number of hydrogen-bond donors (Lipinski definition) is 2. The predicted molar refractivity (Wildman–Crippen MR) is 68.6 cm³/mol. The highest BCUT2D eigenvalue weighted by atomic mass is 19.1. The van der Waals surface area contributed by atoms with Crippen molar-refractivity contribution in [3.05, 3.63) is 35.1 Å². The van der Waals surface area contributed by atoms with E-state index in [0.29, 0.717) is 12.5 Å². The first-order chi connectivity index (χ1) is 9.08. The fourth-order valence-corrected chi connectivity index (χ4v) is 2.29. The van der Waals surface area contributed by atoms with Gasteiger partial charge in [0.1, 0.15) is 5.82 Å². The number of carbonyl (C=O) groups is 1. The van der Waals surface area contributed by atoms with Crippen molar-refractivity contribution in [2.45, 2.75) is 26.0 Å². The molecular formula is C14H18FNO3. The molecule has 1 aliphatic heterocycles. The van der Waals surface area contributed by atoms with Crippen molar-refractivity contribution in [2.24, 2.45) is 5.92 Å². The van der Waals surface area contributed by atoms with E-state index in [1.165, 1.54) is 12.1 Å². The van der Waals surface area contributed by atoms with Gasteiger partial charge in [0.05, 0.1) is 11.7 Å². The number of halogens is 1. The summed E-state index contributed by atoms with van der Waals surface area (Å²) in [6.07, 6.45) is 1.30. The van der Waals surface area contributed by atoms with Crippen molar-refractivity contribution in [3.63, 3.8) is 0 Å². The smallest absolute Gasteiger partial charge is 0.338 e. The first kappa shape index (κ1) is 14.0. The Balaban J connectivity index is 1.86. The van der Waals surface area contributed by atoms with Crippen LogP contribution < -0.4 is 5.32 Å². The summed E-state index contributed by atoms with van der Waals surface area (Å²) in [5, 5.41) is 12.0. The molecule has 19 heavy (non-hydrogen) atoms. The van der Waals surface area contributed by atoms with E-state index in [-0.39, 0.29) is 11.7 Å². The highest BCUT2D eigenvalue weighted by molar-refractivity contribution is 5.87. The van der Waals surface area contributed by atoms with Crippen LogP contribution in [0, 0.1) is 11.7 Å². The van der Waals surface area contributed by atoms with Gasteiger partial charge in [-0.15, -0.1) is 0 Å². The van der Waals surface area contributed by atoms with Gasteiger partial charge in [-0.05, 0) is 37.0 Å². The Kier molecular flexibility index (Phi) is 4.50. The standard InChI is InChI=1S/C14H18FNO3/c1-9-11(4-5-19-9)8-16-7-10-2-3-12(14(17)18)13(15)6-10/h2-3,6,9,11,16H,4-5,7-8H2,1H3,(H,17,18). The van der Waals surface area contributed by atoms with Crippen molar-refractivity contribution in [2.75, 3.05) is 13.2 Å². The molecule has 2 atom stereocenters. The molecule has 4 nitrogen and oxygen atoms in total. The lowest BCUT2D eigenvalue weighted by Gasteiger charge is -2.14. The third kappa shape index (κ3) is 3.52. The van der Waals surface area contributed by atoms with Gasteiger partial charge in [-0.2, -0.15) is 0 Å². The van der Waals surface area contributed by atoms with Crippen molar-refractivity contribution in [3.8, 4) is 0 Å².